The summed E-state index contributed by atoms with van der Waals surface area (Å²) >= 11 is 11.4. The molecule has 160 valence electrons. The molecule has 1 aliphatic rings. The van der Waals surface area contributed by atoms with Gasteiger partial charge in [0.15, 0.2) is 23.2 Å². The first-order valence-electron chi connectivity index (χ1n) is 8.89. The first-order valence-corrected chi connectivity index (χ1v) is 9.68. The Balaban J connectivity index is 1.96. The fourth-order valence-corrected chi connectivity index (χ4v) is 3.34. The maximum absolute atomic E-state index is 13.0. The normalized spacial score (nSPS) is 15.0. The Labute approximate surface area is 188 Å². The zero-order chi connectivity index (χ0) is 22.5. The number of thiocarbonyl (C=S) groups is 1. The van der Waals surface area contributed by atoms with Crippen LogP contribution in [0.2, 0.25) is 5.02 Å². The second kappa shape index (κ2) is 9.59. The van der Waals surface area contributed by atoms with E-state index < -0.39 is 17.8 Å². The summed E-state index contributed by atoms with van der Waals surface area (Å²) in [5, 5.41) is 2.62. The number of nitrogens with zero attached hydrogens (tertiary/aromatic N) is 1. The van der Waals surface area contributed by atoms with E-state index in [9.17, 15) is 14.4 Å². The number of carbonyl (C=O) groups excluding carboxylic acids is 3. The van der Waals surface area contributed by atoms with Gasteiger partial charge in [-0.3, -0.25) is 19.8 Å². The quantitative estimate of drug-likeness (QED) is 0.306. The summed E-state index contributed by atoms with van der Waals surface area (Å²) in [5.74, 6) is -1.47. The molecular weight excluding hydrogens is 444 g/mol. The smallest absolute Gasteiger partial charge is 0.343 e. The number of amides is 2. The van der Waals surface area contributed by atoms with Gasteiger partial charge in [-0.15, -0.1) is 0 Å². The van der Waals surface area contributed by atoms with Gasteiger partial charge in [-0.1, -0.05) is 29.8 Å². The fraction of sp³-hybridized carbons (Fsp3) is 0.143. The minimum Gasteiger partial charge on any atom is -0.493 e. The fourth-order valence-electron chi connectivity index (χ4n) is 2.79. The van der Waals surface area contributed by atoms with E-state index in [0.717, 1.165) is 0 Å². The van der Waals surface area contributed by atoms with Gasteiger partial charge >= 0.3 is 5.97 Å². The molecule has 2 aromatic carbocycles. The van der Waals surface area contributed by atoms with Crippen molar-refractivity contribution in [2.75, 3.05) is 25.7 Å². The number of nitrogens with one attached hydrogen (secondary N) is 1. The minimum atomic E-state index is -0.636. The van der Waals surface area contributed by atoms with Crippen molar-refractivity contribution in [3.8, 4) is 11.5 Å². The number of anilines is 1. The molecule has 1 aliphatic heterocycles. The average molecular weight is 461 g/mol. The van der Waals surface area contributed by atoms with Gasteiger partial charge in [-0.25, -0.2) is 4.79 Å². The summed E-state index contributed by atoms with van der Waals surface area (Å²) in [6, 6.07) is 11.7. The lowest BCUT2D eigenvalue weighted by Gasteiger charge is -2.28. The van der Waals surface area contributed by atoms with Crippen molar-refractivity contribution >= 4 is 58.5 Å². The van der Waals surface area contributed by atoms with Crippen LogP contribution in [0.5, 0.6) is 11.5 Å². The molecule has 0 bridgehead atoms. The number of carbonyl (C=O) groups is 3. The highest BCUT2D eigenvalue weighted by molar-refractivity contribution is 7.80. The van der Waals surface area contributed by atoms with Crippen LogP contribution in [0, 0.1) is 0 Å². The summed E-state index contributed by atoms with van der Waals surface area (Å²) in [4.78, 5) is 38.1. The molecule has 2 amide bonds. The molecule has 1 N–H and O–H groups in total. The van der Waals surface area contributed by atoms with E-state index in [-0.39, 0.29) is 33.8 Å². The van der Waals surface area contributed by atoms with Crippen molar-refractivity contribution in [1.82, 2.24) is 5.32 Å². The lowest BCUT2D eigenvalue weighted by molar-refractivity contribution is -0.143. The van der Waals surface area contributed by atoms with Crippen molar-refractivity contribution < 1.29 is 28.6 Å². The van der Waals surface area contributed by atoms with E-state index in [1.54, 1.807) is 30.3 Å². The molecule has 0 aliphatic carbocycles. The number of para-hydroxylation sites is 1. The van der Waals surface area contributed by atoms with E-state index in [1.165, 1.54) is 37.3 Å². The zero-order valence-corrected chi connectivity index (χ0v) is 18.1. The second-order valence-electron chi connectivity index (χ2n) is 6.19. The summed E-state index contributed by atoms with van der Waals surface area (Å²) in [7, 11) is 2.62. The predicted octanol–water partition coefficient (Wildman–Crippen LogP) is 2.73. The number of hydrogen-bond acceptors (Lipinski definition) is 7. The van der Waals surface area contributed by atoms with E-state index in [2.05, 4.69) is 10.1 Å². The highest BCUT2D eigenvalue weighted by Crippen LogP contribution is 2.37. The predicted molar refractivity (Wildman–Crippen MR) is 118 cm³/mol. The maximum Gasteiger partial charge on any atom is 0.343 e. The molecule has 0 atom stereocenters. The number of methoxy groups -OCH3 is 2. The van der Waals surface area contributed by atoms with Gasteiger partial charge in [0, 0.05) is 0 Å². The molecule has 1 heterocycles. The molecule has 1 saturated heterocycles. The summed E-state index contributed by atoms with van der Waals surface area (Å²) in [6.07, 6.45) is 1.37. The molecule has 0 aromatic heterocycles. The van der Waals surface area contributed by atoms with E-state index in [1.807, 2.05) is 0 Å². The van der Waals surface area contributed by atoms with Crippen molar-refractivity contribution in [2.24, 2.45) is 0 Å². The van der Waals surface area contributed by atoms with Crippen LogP contribution < -0.4 is 19.7 Å². The number of hydrogen-bond donors (Lipinski definition) is 1. The van der Waals surface area contributed by atoms with Gasteiger partial charge in [-0.2, -0.15) is 0 Å². The van der Waals surface area contributed by atoms with Crippen molar-refractivity contribution in [3.05, 3.63) is 58.6 Å². The van der Waals surface area contributed by atoms with Crippen LogP contribution in [0.4, 0.5) is 5.69 Å². The molecule has 10 heteroatoms. The van der Waals surface area contributed by atoms with E-state index >= 15 is 0 Å². The monoisotopic (exact) mass is 460 g/mol. The van der Waals surface area contributed by atoms with Crippen LogP contribution in [0.15, 0.2) is 48.0 Å². The molecule has 0 saturated carbocycles. The van der Waals surface area contributed by atoms with Gasteiger partial charge in [0.2, 0.25) is 0 Å². The molecule has 3 rings (SSSR count). The average Bonchev–Trinajstić information content (AvgIpc) is 2.75. The number of rotatable bonds is 6. The van der Waals surface area contributed by atoms with Gasteiger partial charge in [0.05, 0.1) is 24.9 Å². The molecule has 2 aromatic rings. The van der Waals surface area contributed by atoms with Gasteiger partial charge in [0.1, 0.15) is 5.57 Å². The Morgan fingerprint density at radius 3 is 2.55 bits per heavy atom. The van der Waals surface area contributed by atoms with Crippen LogP contribution in [0.1, 0.15) is 5.56 Å². The molecule has 31 heavy (non-hydrogen) atoms. The van der Waals surface area contributed by atoms with E-state index in [0.29, 0.717) is 11.3 Å². The highest BCUT2D eigenvalue weighted by Gasteiger charge is 2.34. The summed E-state index contributed by atoms with van der Waals surface area (Å²) < 4.78 is 15.2. The maximum atomic E-state index is 13.0. The molecule has 0 unspecified atom stereocenters. The van der Waals surface area contributed by atoms with Crippen LogP contribution >= 0.6 is 23.8 Å². The van der Waals surface area contributed by atoms with Gasteiger partial charge in [0.25, 0.3) is 11.8 Å². The second-order valence-corrected chi connectivity index (χ2v) is 6.99. The first-order chi connectivity index (χ1) is 14.8. The van der Waals surface area contributed by atoms with Crippen LogP contribution in [0.25, 0.3) is 6.08 Å². The molecule has 8 nitrogen and oxygen atoms in total. The van der Waals surface area contributed by atoms with Crippen LogP contribution in [-0.2, 0) is 19.1 Å². The van der Waals surface area contributed by atoms with Gasteiger partial charge in [-0.05, 0) is 48.1 Å². The van der Waals surface area contributed by atoms with E-state index in [4.69, 9.17) is 33.3 Å². The molecule has 0 radical (unpaired) electrons. The third kappa shape index (κ3) is 4.84. The zero-order valence-electron chi connectivity index (χ0n) is 16.5. The number of halogens is 1. The standard InChI is InChI=1S/C21H17ClN2O6S/c1-28-16-10-12(9-15(22)18(16)30-11-17(25)29-2)8-14-19(26)23-21(31)24(20(14)27)13-6-4-3-5-7-13/h3-10H,11H2,1-2H3,(H,23,26,31)/b14-8+. The Morgan fingerprint density at radius 1 is 1.19 bits per heavy atom. The third-order valence-corrected chi connectivity index (χ3v) is 4.81. The lowest BCUT2D eigenvalue weighted by Crippen LogP contribution is -2.54. The SMILES string of the molecule is COC(=O)COc1c(Cl)cc(/C=C2\C(=O)NC(=S)N(c3ccccc3)C2=O)cc1OC. The minimum absolute atomic E-state index is 0.0134. The topological polar surface area (TPSA) is 94.2 Å². The number of benzene rings is 2. The first kappa shape index (κ1) is 22.3. The Kier molecular flexibility index (Phi) is 6.88. The van der Waals surface area contributed by atoms with Crippen LogP contribution in [-0.4, -0.2) is 43.7 Å². The van der Waals surface area contributed by atoms with Crippen LogP contribution in [0.3, 0.4) is 0 Å². The summed E-state index contributed by atoms with van der Waals surface area (Å²) in [5.41, 5.74) is 0.788. The lowest BCUT2D eigenvalue weighted by atomic mass is 10.1. The Morgan fingerprint density at radius 2 is 1.90 bits per heavy atom. The van der Waals surface area contributed by atoms with Gasteiger partial charge < -0.3 is 14.2 Å². The number of ether oxygens (including phenoxy) is 3. The molecule has 1 fully saturated rings. The van der Waals surface area contributed by atoms with Crippen molar-refractivity contribution in [2.45, 2.75) is 0 Å². The Hall–Kier alpha value is -3.43. The highest BCUT2D eigenvalue weighted by atomic mass is 35.5. The number of esters is 1. The Bertz CT molecular complexity index is 1090. The molecule has 0 spiro atoms. The summed E-state index contributed by atoms with van der Waals surface area (Å²) in [6.45, 7) is -0.364. The van der Waals surface area contributed by atoms with Crippen molar-refractivity contribution in [1.29, 1.82) is 0 Å². The molecular formula is C21H17ClN2O6S. The third-order valence-electron chi connectivity index (χ3n) is 4.24. The largest absolute Gasteiger partial charge is 0.493 e. The van der Waals surface area contributed by atoms with Crippen molar-refractivity contribution in [3.63, 3.8) is 0 Å².